The summed E-state index contributed by atoms with van der Waals surface area (Å²) >= 11 is 0. The van der Waals surface area contributed by atoms with E-state index in [0.717, 1.165) is 12.3 Å². The van der Waals surface area contributed by atoms with E-state index in [0.29, 0.717) is 6.54 Å². The third-order valence-corrected chi connectivity index (χ3v) is 4.58. The average molecular weight is 464 g/mol. The zero-order valence-electron chi connectivity index (χ0n) is 17.7. The summed E-state index contributed by atoms with van der Waals surface area (Å²) in [5.41, 5.74) is 0.0956. The molecule has 0 aliphatic rings. The molecule has 33 heavy (non-hydrogen) atoms. The first-order valence-corrected chi connectivity index (χ1v) is 9.91. The van der Waals surface area contributed by atoms with Crippen molar-refractivity contribution in [2.75, 3.05) is 13.2 Å². The largest absolute Gasteiger partial charge is 0.573 e. The summed E-state index contributed by atoms with van der Waals surface area (Å²) < 4.78 is 60.6. The molecular weight excluding hydrogens is 444 g/mol. The molecule has 3 rings (SSSR count). The molecule has 1 aromatic carbocycles. The standard InChI is InChI=1S/C22H20F4N4O3/c1-3-30(14(2)13-32-18-9-8-15(12-29-18)33-22(24,25)26)21(31)16-6-4-7-17(23)19(16)20-27-10-5-11-28-20/h4-12,14H,3,13H2,1-2H3. The lowest BCUT2D eigenvalue weighted by atomic mass is 10.0. The number of benzene rings is 1. The van der Waals surface area contributed by atoms with Gasteiger partial charge in [0.25, 0.3) is 5.91 Å². The Balaban J connectivity index is 1.73. The van der Waals surface area contributed by atoms with Gasteiger partial charge in [-0.2, -0.15) is 0 Å². The number of amides is 1. The lowest BCUT2D eigenvalue weighted by Gasteiger charge is -2.28. The van der Waals surface area contributed by atoms with Gasteiger partial charge in [0.1, 0.15) is 18.2 Å². The molecule has 7 nitrogen and oxygen atoms in total. The van der Waals surface area contributed by atoms with Crippen molar-refractivity contribution in [3.63, 3.8) is 0 Å². The normalized spacial score (nSPS) is 12.2. The van der Waals surface area contributed by atoms with E-state index in [-0.39, 0.29) is 29.4 Å². The number of carbonyl (C=O) groups excluding carboxylic acids is 1. The van der Waals surface area contributed by atoms with Crippen molar-refractivity contribution in [2.24, 2.45) is 0 Å². The molecule has 174 valence electrons. The number of carbonyl (C=O) groups is 1. The number of alkyl halides is 3. The third-order valence-electron chi connectivity index (χ3n) is 4.58. The fraction of sp³-hybridized carbons (Fsp3) is 0.273. The van der Waals surface area contributed by atoms with Crippen LogP contribution in [0.3, 0.4) is 0 Å². The number of nitrogens with zero attached hydrogens (tertiary/aromatic N) is 4. The smallest absolute Gasteiger partial charge is 0.475 e. The Bertz CT molecular complexity index is 1080. The van der Waals surface area contributed by atoms with Crippen LogP contribution in [0.25, 0.3) is 11.4 Å². The van der Waals surface area contributed by atoms with E-state index in [1.54, 1.807) is 19.9 Å². The average Bonchev–Trinajstić information content (AvgIpc) is 2.78. The van der Waals surface area contributed by atoms with Gasteiger partial charge in [0, 0.05) is 25.0 Å². The lowest BCUT2D eigenvalue weighted by Crippen LogP contribution is -2.42. The Labute approximate surface area is 187 Å². The summed E-state index contributed by atoms with van der Waals surface area (Å²) in [4.78, 5) is 26.6. The fourth-order valence-corrected chi connectivity index (χ4v) is 3.11. The van der Waals surface area contributed by atoms with Gasteiger partial charge in [0.15, 0.2) is 5.82 Å². The molecule has 0 radical (unpaired) electrons. The van der Waals surface area contributed by atoms with Crippen LogP contribution < -0.4 is 9.47 Å². The summed E-state index contributed by atoms with van der Waals surface area (Å²) in [5.74, 6) is -1.40. The van der Waals surface area contributed by atoms with Crippen molar-refractivity contribution in [1.29, 1.82) is 0 Å². The van der Waals surface area contributed by atoms with Gasteiger partial charge in [-0.05, 0) is 38.1 Å². The minimum absolute atomic E-state index is 0.00145. The van der Waals surface area contributed by atoms with E-state index >= 15 is 0 Å². The molecule has 1 atom stereocenters. The number of pyridine rings is 1. The number of likely N-dealkylation sites (N-methyl/N-ethyl adjacent to an activating group) is 1. The van der Waals surface area contributed by atoms with Gasteiger partial charge in [0.2, 0.25) is 5.88 Å². The molecular formula is C22H20F4N4O3. The SMILES string of the molecule is CCN(C(=O)c1cccc(F)c1-c1ncccn1)C(C)COc1ccc(OC(F)(F)F)cn1. The molecule has 11 heteroatoms. The summed E-state index contributed by atoms with van der Waals surface area (Å²) in [6, 6.07) is 7.56. The van der Waals surface area contributed by atoms with E-state index < -0.39 is 29.9 Å². The van der Waals surface area contributed by atoms with Crippen LogP contribution in [0.4, 0.5) is 17.6 Å². The lowest BCUT2D eigenvalue weighted by molar-refractivity contribution is -0.274. The topological polar surface area (TPSA) is 77.4 Å². The van der Waals surface area contributed by atoms with Gasteiger partial charge < -0.3 is 14.4 Å². The first-order valence-electron chi connectivity index (χ1n) is 9.91. The van der Waals surface area contributed by atoms with Crippen LogP contribution in [0.1, 0.15) is 24.2 Å². The molecule has 0 N–H and O–H groups in total. The minimum Gasteiger partial charge on any atom is -0.475 e. The highest BCUT2D eigenvalue weighted by atomic mass is 19.4. The number of halogens is 4. The molecule has 0 saturated carbocycles. The molecule has 3 aromatic rings. The molecule has 2 heterocycles. The summed E-state index contributed by atoms with van der Waals surface area (Å²) in [6.45, 7) is 3.77. The summed E-state index contributed by atoms with van der Waals surface area (Å²) in [6.07, 6.45) is -1.03. The second-order valence-electron chi connectivity index (χ2n) is 6.87. The Morgan fingerprint density at radius 3 is 2.42 bits per heavy atom. The van der Waals surface area contributed by atoms with Crippen LogP contribution in [-0.4, -0.2) is 51.3 Å². The van der Waals surface area contributed by atoms with Gasteiger partial charge >= 0.3 is 6.36 Å². The Morgan fingerprint density at radius 2 is 1.82 bits per heavy atom. The van der Waals surface area contributed by atoms with Gasteiger partial charge in [-0.15, -0.1) is 13.2 Å². The number of hydrogen-bond donors (Lipinski definition) is 0. The molecule has 0 aliphatic heterocycles. The Morgan fingerprint density at radius 1 is 1.09 bits per heavy atom. The number of rotatable bonds is 8. The monoisotopic (exact) mass is 464 g/mol. The number of hydrogen-bond acceptors (Lipinski definition) is 6. The first kappa shape index (κ1) is 23.9. The zero-order valence-corrected chi connectivity index (χ0v) is 17.7. The predicted molar refractivity (Wildman–Crippen MR) is 110 cm³/mol. The second-order valence-corrected chi connectivity index (χ2v) is 6.87. The summed E-state index contributed by atoms with van der Waals surface area (Å²) in [7, 11) is 0. The minimum atomic E-state index is -4.82. The van der Waals surface area contributed by atoms with Crippen molar-refractivity contribution < 1.29 is 31.8 Å². The fourth-order valence-electron chi connectivity index (χ4n) is 3.11. The molecule has 0 fully saturated rings. The number of aromatic nitrogens is 3. The molecule has 0 spiro atoms. The first-order chi connectivity index (χ1) is 15.7. The molecule has 2 aromatic heterocycles. The third kappa shape index (κ3) is 6.15. The van der Waals surface area contributed by atoms with E-state index in [2.05, 4.69) is 19.7 Å². The van der Waals surface area contributed by atoms with Crippen molar-refractivity contribution in [1.82, 2.24) is 19.9 Å². The maximum Gasteiger partial charge on any atom is 0.573 e. The van der Waals surface area contributed by atoms with Gasteiger partial charge in [-0.1, -0.05) is 6.07 Å². The van der Waals surface area contributed by atoms with Crippen LogP contribution in [0.15, 0.2) is 55.0 Å². The van der Waals surface area contributed by atoms with E-state index in [1.165, 1.54) is 41.6 Å². The van der Waals surface area contributed by atoms with Crippen LogP contribution in [0.2, 0.25) is 0 Å². The van der Waals surface area contributed by atoms with Gasteiger partial charge in [-0.3, -0.25) is 4.79 Å². The predicted octanol–water partition coefficient (Wildman–Crippen LogP) is 4.51. The second kappa shape index (κ2) is 10.2. The molecule has 0 bridgehead atoms. The van der Waals surface area contributed by atoms with Crippen LogP contribution in [-0.2, 0) is 0 Å². The maximum atomic E-state index is 14.6. The summed E-state index contributed by atoms with van der Waals surface area (Å²) in [5, 5.41) is 0. The van der Waals surface area contributed by atoms with Crippen LogP contribution in [0.5, 0.6) is 11.6 Å². The van der Waals surface area contributed by atoms with Gasteiger partial charge in [0.05, 0.1) is 23.4 Å². The molecule has 0 saturated heterocycles. The molecule has 1 unspecified atom stereocenters. The number of ether oxygens (including phenoxy) is 2. The molecule has 0 aliphatic carbocycles. The van der Waals surface area contributed by atoms with Crippen molar-refractivity contribution in [3.05, 3.63) is 66.4 Å². The highest BCUT2D eigenvalue weighted by Crippen LogP contribution is 2.26. The van der Waals surface area contributed by atoms with Crippen molar-refractivity contribution in [3.8, 4) is 23.0 Å². The highest BCUT2D eigenvalue weighted by Gasteiger charge is 2.31. The Kier molecular flexibility index (Phi) is 7.41. The van der Waals surface area contributed by atoms with Gasteiger partial charge in [-0.25, -0.2) is 19.3 Å². The zero-order chi connectivity index (χ0) is 24.0. The van der Waals surface area contributed by atoms with E-state index in [9.17, 15) is 22.4 Å². The van der Waals surface area contributed by atoms with Crippen molar-refractivity contribution in [2.45, 2.75) is 26.3 Å². The molecule has 1 amide bonds. The van der Waals surface area contributed by atoms with Crippen LogP contribution >= 0.6 is 0 Å². The Hall–Kier alpha value is -3.76. The van der Waals surface area contributed by atoms with Crippen LogP contribution in [0, 0.1) is 5.82 Å². The van der Waals surface area contributed by atoms with E-state index in [4.69, 9.17) is 4.74 Å². The van der Waals surface area contributed by atoms with E-state index in [1.807, 2.05) is 0 Å². The van der Waals surface area contributed by atoms with Crippen molar-refractivity contribution >= 4 is 5.91 Å². The highest BCUT2D eigenvalue weighted by molar-refractivity contribution is 6.00. The quantitative estimate of drug-likeness (QED) is 0.457. The maximum absolute atomic E-state index is 14.6.